The Morgan fingerprint density at radius 3 is 2.64 bits per heavy atom. The van der Waals surface area contributed by atoms with Crippen LogP contribution in [-0.4, -0.2) is 11.1 Å². The third-order valence-corrected chi connectivity index (χ3v) is 2.67. The summed E-state index contributed by atoms with van der Waals surface area (Å²) in [5, 5.41) is 17.4. The second-order valence-electron chi connectivity index (χ2n) is 2.60. The van der Waals surface area contributed by atoms with Gasteiger partial charge in [0.1, 0.15) is 6.07 Å². The van der Waals surface area contributed by atoms with Crippen molar-refractivity contribution in [1.29, 1.82) is 5.26 Å². The Balaban J connectivity index is 3.26. The van der Waals surface area contributed by atoms with Gasteiger partial charge >= 0.3 is 5.97 Å². The lowest BCUT2D eigenvalue weighted by molar-refractivity contribution is -0.136. The Morgan fingerprint density at radius 1 is 1.50 bits per heavy atom. The molecule has 0 aliphatic heterocycles. The summed E-state index contributed by atoms with van der Waals surface area (Å²) in [5.41, 5.74) is 0.872. The summed E-state index contributed by atoms with van der Waals surface area (Å²) in [6.07, 6.45) is -0.152. The Labute approximate surface area is 97.6 Å². The van der Waals surface area contributed by atoms with E-state index < -0.39 is 5.97 Å². The summed E-state index contributed by atoms with van der Waals surface area (Å²) in [6.45, 7) is 0. The molecule has 0 aromatic heterocycles. The predicted octanol–water partition coefficient (Wildman–Crippen LogP) is 2.71. The fourth-order valence-electron chi connectivity index (χ4n) is 1.05. The van der Waals surface area contributed by atoms with Crippen LogP contribution >= 0.6 is 31.9 Å². The number of carboxylic acids is 1. The molecule has 5 heteroatoms. The molecular weight excluding hydrogens is 314 g/mol. The van der Waals surface area contributed by atoms with Crippen LogP contribution < -0.4 is 0 Å². The number of aliphatic carboxylic acids is 1. The Kier molecular flexibility index (Phi) is 3.67. The highest BCUT2D eigenvalue weighted by Gasteiger charge is 2.10. The number of nitrogens with zero attached hydrogens (tertiary/aromatic N) is 1. The first kappa shape index (κ1) is 11.2. The zero-order valence-electron chi connectivity index (χ0n) is 6.92. The lowest BCUT2D eigenvalue weighted by Gasteiger charge is -2.03. The fraction of sp³-hybridized carbons (Fsp3) is 0.111. The first-order chi connectivity index (χ1) is 6.54. The van der Waals surface area contributed by atoms with Gasteiger partial charge in [-0.15, -0.1) is 0 Å². The van der Waals surface area contributed by atoms with Gasteiger partial charge < -0.3 is 5.11 Å². The van der Waals surface area contributed by atoms with Crippen molar-refractivity contribution in [1.82, 2.24) is 0 Å². The lowest BCUT2D eigenvalue weighted by Crippen LogP contribution is -2.02. The van der Waals surface area contributed by atoms with Crippen molar-refractivity contribution in [3.05, 3.63) is 32.2 Å². The molecule has 14 heavy (non-hydrogen) atoms. The van der Waals surface area contributed by atoms with Crippen molar-refractivity contribution >= 4 is 37.8 Å². The molecule has 0 aliphatic rings. The van der Waals surface area contributed by atoms with Gasteiger partial charge in [0.2, 0.25) is 0 Å². The molecule has 1 rings (SSSR count). The molecule has 0 saturated carbocycles. The van der Waals surface area contributed by atoms with Gasteiger partial charge in [-0.2, -0.15) is 5.26 Å². The summed E-state index contributed by atoms with van der Waals surface area (Å²) in [4.78, 5) is 10.5. The second kappa shape index (κ2) is 4.58. The number of carboxylic acid groups (broad SMARTS) is 1. The van der Waals surface area contributed by atoms with Crippen molar-refractivity contribution in [3.63, 3.8) is 0 Å². The molecule has 1 aromatic carbocycles. The van der Waals surface area contributed by atoms with Crippen LogP contribution in [0.4, 0.5) is 0 Å². The van der Waals surface area contributed by atoms with E-state index in [4.69, 9.17) is 10.4 Å². The zero-order valence-corrected chi connectivity index (χ0v) is 10.1. The maximum Gasteiger partial charge on any atom is 0.307 e. The van der Waals surface area contributed by atoms with Gasteiger partial charge in [-0.3, -0.25) is 4.79 Å². The van der Waals surface area contributed by atoms with Crippen LogP contribution in [0.3, 0.4) is 0 Å². The standard InChI is InChI=1S/C9H5Br2NO2/c10-6-1-5(2-9(13)14)7(4-12)8(11)3-6/h1,3H,2H2,(H,13,14). The van der Waals surface area contributed by atoms with Gasteiger partial charge in [0.15, 0.2) is 0 Å². The van der Waals surface area contributed by atoms with E-state index in [0.29, 0.717) is 15.6 Å². The maximum absolute atomic E-state index is 10.5. The van der Waals surface area contributed by atoms with Gasteiger partial charge in [-0.25, -0.2) is 0 Å². The smallest absolute Gasteiger partial charge is 0.307 e. The first-order valence-electron chi connectivity index (χ1n) is 3.64. The highest BCUT2D eigenvalue weighted by Crippen LogP contribution is 2.25. The molecule has 1 aromatic rings. The largest absolute Gasteiger partial charge is 0.481 e. The van der Waals surface area contributed by atoms with E-state index in [1.165, 1.54) is 0 Å². The van der Waals surface area contributed by atoms with E-state index in [2.05, 4.69) is 31.9 Å². The summed E-state index contributed by atoms with van der Waals surface area (Å²) < 4.78 is 1.35. The first-order valence-corrected chi connectivity index (χ1v) is 5.23. The molecule has 0 saturated heterocycles. The predicted molar refractivity (Wildman–Crippen MR) is 57.9 cm³/mol. The fourth-order valence-corrected chi connectivity index (χ4v) is 2.46. The monoisotopic (exact) mass is 317 g/mol. The minimum absolute atomic E-state index is 0.152. The number of hydrogen-bond donors (Lipinski definition) is 1. The van der Waals surface area contributed by atoms with Gasteiger partial charge in [0, 0.05) is 8.95 Å². The Morgan fingerprint density at radius 2 is 2.14 bits per heavy atom. The van der Waals surface area contributed by atoms with Crippen molar-refractivity contribution in [2.24, 2.45) is 0 Å². The van der Waals surface area contributed by atoms with Crippen molar-refractivity contribution in [2.75, 3.05) is 0 Å². The molecule has 1 N–H and O–H groups in total. The molecule has 72 valence electrons. The normalized spacial score (nSPS) is 9.50. The van der Waals surface area contributed by atoms with E-state index in [1.807, 2.05) is 6.07 Å². The van der Waals surface area contributed by atoms with E-state index >= 15 is 0 Å². The van der Waals surface area contributed by atoms with Crippen LogP contribution in [0.2, 0.25) is 0 Å². The van der Waals surface area contributed by atoms with Gasteiger partial charge in [0.25, 0.3) is 0 Å². The minimum atomic E-state index is -0.952. The maximum atomic E-state index is 10.5. The van der Waals surface area contributed by atoms with Gasteiger partial charge in [-0.1, -0.05) is 15.9 Å². The topological polar surface area (TPSA) is 61.1 Å². The third kappa shape index (κ3) is 2.56. The van der Waals surface area contributed by atoms with E-state index in [0.717, 1.165) is 4.47 Å². The lowest BCUT2D eigenvalue weighted by atomic mass is 10.1. The zero-order chi connectivity index (χ0) is 10.7. The van der Waals surface area contributed by atoms with Gasteiger partial charge in [0.05, 0.1) is 12.0 Å². The quantitative estimate of drug-likeness (QED) is 0.912. The average Bonchev–Trinajstić information content (AvgIpc) is 2.01. The minimum Gasteiger partial charge on any atom is -0.481 e. The molecule has 0 spiro atoms. The van der Waals surface area contributed by atoms with Crippen LogP contribution in [0.1, 0.15) is 11.1 Å². The SMILES string of the molecule is N#Cc1c(Br)cc(Br)cc1CC(=O)O. The number of hydrogen-bond acceptors (Lipinski definition) is 2. The Hall–Kier alpha value is -0.860. The summed E-state index contributed by atoms with van der Waals surface area (Å²) in [6, 6.07) is 5.31. The molecular formula is C9H5Br2NO2. The molecule has 3 nitrogen and oxygen atoms in total. The molecule has 0 bridgehead atoms. The van der Waals surface area contributed by atoms with E-state index in [1.54, 1.807) is 12.1 Å². The van der Waals surface area contributed by atoms with E-state index in [-0.39, 0.29) is 6.42 Å². The van der Waals surface area contributed by atoms with Crippen LogP contribution in [-0.2, 0) is 11.2 Å². The molecule has 0 amide bonds. The van der Waals surface area contributed by atoms with Crippen LogP contribution in [0, 0.1) is 11.3 Å². The van der Waals surface area contributed by atoms with Crippen LogP contribution in [0.15, 0.2) is 21.1 Å². The van der Waals surface area contributed by atoms with Crippen LogP contribution in [0.5, 0.6) is 0 Å². The highest BCUT2D eigenvalue weighted by atomic mass is 79.9. The highest BCUT2D eigenvalue weighted by molar-refractivity contribution is 9.11. The molecule has 0 heterocycles. The van der Waals surface area contributed by atoms with Crippen molar-refractivity contribution < 1.29 is 9.90 Å². The second-order valence-corrected chi connectivity index (χ2v) is 4.37. The van der Waals surface area contributed by atoms with Crippen molar-refractivity contribution in [3.8, 4) is 6.07 Å². The summed E-state index contributed by atoms with van der Waals surface area (Å²) >= 11 is 6.44. The molecule has 0 aliphatic carbocycles. The summed E-state index contributed by atoms with van der Waals surface area (Å²) in [7, 11) is 0. The third-order valence-electron chi connectivity index (χ3n) is 1.59. The van der Waals surface area contributed by atoms with Crippen LogP contribution in [0.25, 0.3) is 0 Å². The molecule has 0 atom stereocenters. The molecule has 0 fully saturated rings. The number of halogens is 2. The number of benzene rings is 1. The average molecular weight is 319 g/mol. The van der Waals surface area contributed by atoms with E-state index in [9.17, 15) is 4.79 Å². The van der Waals surface area contributed by atoms with Gasteiger partial charge in [-0.05, 0) is 33.6 Å². The summed E-state index contributed by atoms with van der Waals surface area (Å²) in [5.74, 6) is -0.952. The molecule has 0 radical (unpaired) electrons. The number of carbonyl (C=O) groups is 1. The van der Waals surface area contributed by atoms with Crippen molar-refractivity contribution in [2.45, 2.75) is 6.42 Å². The number of nitriles is 1. The number of rotatable bonds is 2. The molecule has 0 unspecified atom stereocenters. The Bertz CT molecular complexity index is 424.